The number of halogens is 1. The largest absolute Gasteiger partial charge is 0.442 e. The first-order valence-electron chi connectivity index (χ1n) is 10.2. The van der Waals surface area contributed by atoms with Gasteiger partial charge < -0.3 is 9.32 Å². The average Bonchev–Trinajstić information content (AvgIpc) is 3.36. The van der Waals surface area contributed by atoms with Gasteiger partial charge in [-0.3, -0.25) is 9.48 Å². The van der Waals surface area contributed by atoms with Crippen molar-refractivity contribution in [3.8, 4) is 11.3 Å². The summed E-state index contributed by atoms with van der Waals surface area (Å²) in [7, 11) is 0. The minimum absolute atomic E-state index is 0.0218. The van der Waals surface area contributed by atoms with Crippen LogP contribution in [0.15, 0.2) is 41.0 Å². The number of aromatic nitrogens is 3. The first-order chi connectivity index (χ1) is 14.4. The van der Waals surface area contributed by atoms with Crippen LogP contribution in [0.3, 0.4) is 0 Å². The number of amides is 1. The lowest BCUT2D eigenvalue weighted by molar-refractivity contribution is -0.131. The van der Waals surface area contributed by atoms with Gasteiger partial charge in [0, 0.05) is 29.9 Å². The Morgan fingerprint density at radius 1 is 1.27 bits per heavy atom. The van der Waals surface area contributed by atoms with Crippen molar-refractivity contribution in [2.75, 3.05) is 13.1 Å². The molecule has 6 nitrogen and oxygen atoms in total. The summed E-state index contributed by atoms with van der Waals surface area (Å²) < 4.78 is 20.9. The van der Waals surface area contributed by atoms with Gasteiger partial charge in [-0.15, -0.1) is 0 Å². The van der Waals surface area contributed by atoms with Gasteiger partial charge in [0.05, 0.1) is 11.9 Å². The number of rotatable bonds is 5. The van der Waals surface area contributed by atoms with Crippen LogP contribution in [0.25, 0.3) is 16.8 Å². The van der Waals surface area contributed by atoms with E-state index >= 15 is 0 Å². The van der Waals surface area contributed by atoms with Crippen LogP contribution in [0.4, 0.5) is 4.39 Å². The molecule has 0 unspecified atom stereocenters. The van der Waals surface area contributed by atoms with Gasteiger partial charge in [-0.2, -0.15) is 5.10 Å². The summed E-state index contributed by atoms with van der Waals surface area (Å²) in [6, 6.07) is 6.93. The maximum atomic E-state index is 13.6. The number of hydrogen-bond donors (Lipinski definition) is 0. The second-order valence-corrected chi connectivity index (χ2v) is 7.59. The molecule has 4 rings (SSSR count). The zero-order valence-corrected chi connectivity index (χ0v) is 17.5. The summed E-state index contributed by atoms with van der Waals surface area (Å²) in [6.45, 7) is 6.97. The molecular formula is C23H25FN4O2. The van der Waals surface area contributed by atoms with Crippen molar-refractivity contribution in [1.29, 1.82) is 0 Å². The number of oxazole rings is 1. The normalized spacial score (nSPS) is 14.1. The van der Waals surface area contributed by atoms with E-state index in [-0.39, 0.29) is 18.3 Å². The number of aryl methyl sites for hydroxylation is 3. The van der Waals surface area contributed by atoms with E-state index in [1.807, 2.05) is 30.9 Å². The van der Waals surface area contributed by atoms with Crippen molar-refractivity contribution >= 4 is 11.5 Å². The molecule has 3 heterocycles. The highest BCUT2D eigenvalue weighted by Crippen LogP contribution is 2.24. The van der Waals surface area contributed by atoms with Gasteiger partial charge in [0.1, 0.15) is 18.1 Å². The van der Waals surface area contributed by atoms with Gasteiger partial charge in [0.25, 0.3) is 0 Å². The molecule has 0 spiro atoms. The lowest BCUT2D eigenvalue weighted by Gasteiger charge is -2.26. The van der Waals surface area contributed by atoms with Gasteiger partial charge in [-0.25, -0.2) is 9.37 Å². The van der Waals surface area contributed by atoms with E-state index < -0.39 is 0 Å². The van der Waals surface area contributed by atoms with Crippen LogP contribution >= 0.6 is 0 Å². The van der Waals surface area contributed by atoms with Gasteiger partial charge in [0.15, 0.2) is 0 Å². The smallest absolute Gasteiger partial charge is 0.244 e. The highest BCUT2D eigenvalue weighted by molar-refractivity contribution is 5.77. The maximum absolute atomic E-state index is 13.6. The Morgan fingerprint density at radius 2 is 2.10 bits per heavy atom. The Hall–Kier alpha value is -3.22. The topological polar surface area (TPSA) is 64.2 Å². The SMILES string of the molecule is CCc1cc(-c2ccc(F)c(C)c2)nn1CC(=O)N1CC=C(c2ncc(C)o2)CC1. The molecule has 0 saturated heterocycles. The lowest BCUT2D eigenvalue weighted by atomic mass is 10.1. The van der Waals surface area contributed by atoms with Gasteiger partial charge in [0.2, 0.25) is 11.8 Å². The predicted octanol–water partition coefficient (Wildman–Crippen LogP) is 4.17. The standard InChI is InChI=1S/C23H25FN4O2/c1-4-19-12-21(18-5-6-20(24)15(2)11-18)26-28(19)14-22(29)27-9-7-17(8-10-27)23-25-13-16(3)30-23/h5-7,11-13H,4,8-10,14H2,1-3H3. The fraction of sp³-hybridized carbons (Fsp3) is 0.348. The number of benzene rings is 1. The molecule has 2 aromatic heterocycles. The Morgan fingerprint density at radius 3 is 2.73 bits per heavy atom. The molecule has 156 valence electrons. The summed E-state index contributed by atoms with van der Waals surface area (Å²) in [6.07, 6.45) is 5.18. The highest BCUT2D eigenvalue weighted by atomic mass is 19.1. The molecule has 3 aromatic rings. The monoisotopic (exact) mass is 408 g/mol. The number of carbonyl (C=O) groups is 1. The molecule has 1 aliphatic heterocycles. The lowest BCUT2D eigenvalue weighted by Crippen LogP contribution is -2.37. The molecule has 0 saturated carbocycles. The van der Waals surface area contributed by atoms with Gasteiger partial charge >= 0.3 is 0 Å². The molecule has 0 atom stereocenters. The number of nitrogens with zero attached hydrogens (tertiary/aromatic N) is 4. The molecule has 0 N–H and O–H groups in total. The van der Waals surface area contributed by atoms with E-state index in [4.69, 9.17) is 4.42 Å². The second kappa shape index (κ2) is 8.26. The first-order valence-corrected chi connectivity index (χ1v) is 10.2. The molecule has 30 heavy (non-hydrogen) atoms. The van der Waals surface area contributed by atoms with E-state index in [9.17, 15) is 9.18 Å². The number of hydrogen-bond acceptors (Lipinski definition) is 4. The first kappa shape index (κ1) is 20.1. The van der Waals surface area contributed by atoms with Crippen LogP contribution in [0.2, 0.25) is 0 Å². The van der Waals surface area contributed by atoms with Crippen LogP contribution in [-0.2, 0) is 17.8 Å². The van der Waals surface area contributed by atoms with E-state index in [1.165, 1.54) is 6.07 Å². The summed E-state index contributed by atoms with van der Waals surface area (Å²) in [5.41, 5.74) is 4.19. The third-order valence-electron chi connectivity index (χ3n) is 5.42. The second-order valence-electron chi connectivity index (χ2n) is 7.59. The zero-order chi connectivity index (χ0) is 21.3. The number of carbonyl (C=O) groups excluding carboxylic acids is 1. The average molecular weight is 408 g/mol. The van der Waals surface area contributed by atoms with Gasteiger partial charge in [-0.1, -0.05) is 13.0 Å². The third-order valence-corrected chi connectivity index (χ3v) is 5.42. The van der Waals surface area contributed by atoms with Crippen molar-refractivity contribution in [1.82, 2.24) is 19.7 Å². The zero-order valence-electron chi connectivity index (χ0n) is 17.5. The van der Waals surface area contributed by atoms with Crippen molar-refractivity contribution in [2.24, 2.45) is 0 Å². The fourth-order valence-corrected chi connectivity index (χ4v) is 3.64. The molecular weight excluding hydrogens is 383 g/mol. The van der Waals surface area contributed by atoms with E-state index in [0.717, 1.165) is 34.7 Å². The van der Waals surface area contributed by atoms with Gasteiger partial charge in [-0.05, 0) is 56.5 Å². The van der Waals surface area contributed by atoms with Crippen LogP contribution in [0.5, 0.6) is 0 Å². The van der Waals surface area contributed by atoms with Crippen molar-refractivity contribution < 1.29 is 13.6 Å². The Labute approximate surface area is 175 Å². The van der Waals surface area contributed by atoms with Crippen molar-refractivity contribution in [2.45, 2.75) is 40.2 Å². The molecule has 1 aromatic carbocycles. The Balaban J connectivity index is 1.47. The van der Waals surface area contributed by atoms with Crippen LogP contribution in [0, 0.1) is 19.7 Å². The fourth-order valence-electron chi connectivity index (χ4n) is 3.64. The summed E-state index contributed by atoms with van der Waals surface area (Å²) in [5.74, 6) is 1.21. The maximum Gasteiger partial charge on any atom is 0.244 e. The summed E-state index contributed by atoms with van der Waals surface area (Å²) >= 11 is 0. The van der Waals surface area contributed by atoms with Crippen LogP contribution < -0.4 is 0 Å². The van der Waals surface area contributed by atoms with E-state index in [0.29, 0.717) is 31.0 Å². The minimum atomic E-state index is -0.235. The van der Waals surface area contributed by atoms with E-state index in [2.05, 4.69) is 10.1 Å². The minimum Gasteiger partial charge on any atom is -0.442 e. The molecule has 1 amide bonds. The predicted molar refractivity (Wildman–Crippen MR) is 112 cm³/mol. The summed E-state index contributed by atoms with van der Waals surface area (Å²) in [5, 5.41) is 4.63. The quantitative estimate of drug-likeness (QED) is 0.636. The highest BCUT2D eigenvalue weighted by Gasteiger charge is 2.21. The Kier molecular flexibility index (Phi) is 5.53. The van der Waals surface area contributed by atoms with Crippen LogP contribution in [-0.4, -0.2) is 38.7 Å². The third kappa shape index (κ3) is 4.06. The molecule has 0 radical (unpaired) electrons. The van der Waals surface area contributed by atoms with Crippen molar-refractivity contribution in [3.63, 3.8) is 0 Å². The molecule has 0 aliphatic carbocycles. The van der Waals surface area contributed by atoms with E-state index in [1.54, 1.807) is 29.9 Å². The van der Waals surface area contributed by atoms with Crippen LogP contribution in [0.1, 0.15) is 36.3 Å². The molecule has 0 fully saturated rings. The molecule has 7 heteroatoms. The van der Waals surface area contributed by atoms with Crippen molar-refractivity contribution in [3.05, 3.63) is 65.3 Å². The summed E-state index contributed by atoms with van der Waals surface area (Å²) in [4.78, 5) is 19.0. The Bertz CT molecular complexity index is 1110. The molecule has 1 aliphatic rings. The molecule has 0 bridgehead atoms.